The Balaban J connectivity index is 1.17. The van der Waals surface area contributed by atoms with Crippen LogP contribution in [0.2, 0.25) is 0 Å². The Bertz CT molecular complexity index is 1540. The number of benzene rings is 3. The van der Waals surface area contributed by atoms with Gasteiger partial charge in [0.1, 0.15) is 0 Å². The predicted octanol–water partition coefficient (Wildman–Crippen LogP) is 7.61. The van der Waals surface area contributed by atoms with Gasteiger partial charge in [-0.05, 0) is 75.3 Å². The highest BCUT2D eigenvalue weighted by Gasteiger charge is 2.34. The van der Waals surface area contributed by atoms with Crippen molar-refractivity contribution in [3.05, 3.63) is 95.2 Å². The van der Waals surface area contributed by atoms with Crippen LogP contribution in [0, 0.1) is 6.92 Å². The largest absolute Gasteiger partial charge is 0.493 e. The van der Waals surface area contributed by atoms with E-state index in [9.17, 15) is 9.59 Å². The third-order valence-corrected chi connectivity index (χ3v) is 8.11. The molecule has 3 aromatic carbocycles. The quantitative estimate of drug-likeness (QED) is 0.115. The minimum Gasteiger partial charge on any atom is -0.493 e. The van der Waals surface area contributed by atoms with Gasteiger partial charge in [0, 0.05) is 24.8 Å². The number of carbonyl (C=O) groups is 2. The smallest absolute Gasteiger partial charge is 0.261 e. The number of ether oxygens (including phenoxy) is 2. The lowest BCUT2D eigenvalue weighted by atomic mass is 10.1. The number of anilines is 1. The molecule has 43 heavy (non-hydrogen) atoms. The van der Waals surface area contributed by atoms with Gasteiger partial charge in [0.25, 0.3) is 11.8 Å². The van der Waals surface area contributed by atoms with Crippen LogP contribution in [-0.4, -0.2) is 48.0 Å². The normalized spacial score (nSPS) is 13.3. The van der Waals surface area contributed by atoms with E-state index in [1.54, 1.807) is 31.4 Å². The van der Waals surface area contributed by atoms with Gasteiger partial charge in [0.2, 0.25) is 0 Å². The molecular weight excluding hydrogens is 538 g/mol. The number of aryl methyl sites for hydroxylation is 2. The Hall–Kier alpha value is -4.39. The van der Waals surface area contributed by atoms with Crippen molar-refractivity contribution in [3.8, 4) is 11.5 Å². The molecule has 2 amide bonds. The lowest BCUT2D eigenvalue weighted by Crippen LogP contribution is -2.31. The Labute approximate surface area is 254 Å². The van der Waals surface area contributed by atoms with Gasteiger partial charge in [-0.1, -0.05) is 55.3 Å². The van der Waals surface area contributed by atoms with Gasteiger partial charge in [-0.15, -0.1) is 0 Å². The van der Waals surface area contributed by atoms with Crippen LogP contribution < -0.4 is 14.8 Å². The Kier molecular flexibility index (Phi) is 9.92. The third-order valence-electron chi connectivity index (χ3n) is 8.11. The Morgan fingerprint density at radius 1 is 0.884 bits per heavy atom. The van der Waals surface area contributed by atoms with Gasteiger partial charge in [-0.2, -0.15) is 0 Å². The number of rotatable bonds is 15. The number of amides is 2. The van der Waals surface area contributed by atoms with Gasteiger partial charge in [0.05, 0.1) is 41.4 Å². The van der Waals surface area contributed by atoms with Gasteiger partial charge in [0.15, 0.2) is 11.5 Å². The number of methoxy groups -OCH3 is 1. The molecule has 5 rings (SSSR count). The number of imide groups is 1. The maximum atomic E-state index is 12.7. The van der Waals surface area contributed by atoms with Crippen molar-refractivity contribution < 1.29 is 19.1 Å². The van der Waals surface area contributed by atoms with Crippen molar-refractivity contribution in [1.82, 2.24) is 9.88 Å². The van der Waals surface area contributed by atoms with E-state index in [0.717, 1.165) is 53.6 Å². The number of aromatic nitrogens is 1. The minimum atomic E-state index is -0.209. The zero-order valence-electron chi connectivity index (χ0n) is 25.4. The second-order valence-corrected chi connectivity index (χ2v) is 11.3. The number of fused-ring (bicyclic) bond motifs is 2. The first-order valence-electron chi connectivity index (χ1n) is 15.3. The second kappa shape index (κ2) is 14.2. The van der Waals surface area contributed by atoms with Crippen LogP contribution in [0.4, 0.5) is 5.69 Å². The van der Waals surface area contributed by atoms with E-state index in [4.69, 9.17) is 14.5 Å². The molecule has 2 heterocycles. The maximum Gasteiger partial charge on any atom is 0.261 e. The first-order valence-corrected chi connectivity index (χ1v) is 15.3. The molecule has 1 aliphatic heterocycles. The van der Waals surface area contributed by atoms with E-state index < -0.39 is 0 Å². The molecule has 1 aromatic heterocycles. The van der Waals surface area contributed by atoms with E-state index >= 15 is 0 Å². The summed E-state index contributed by atoms with van der Waals surface area (Å²) in [6, 6.07) is 21.7. The summed E-state index contributed by atoms with van der Waals surface area (Å²) < 4.78 is 12.2. The highest BCUT2D eigenvalue weighted by Crippen LogP contribution is 2.41. The van der Waals surface area contributed by atoms with Crippen LogP contribution in [0.25, 0.3) is 10.9 Å². The second-order valence-electron chi connectivity index (χ2n) is 11.3. The molecule has 1 aliphatic rings. The molecule has 0 bridgehead atoms. The van der Waals surface area contributed by atoms with Crippen molar-refractivity contribution in [2.45, 2.75) is 64.8 Å². The van der Waals surface area contributed by atoms with Crippen LogP contribution in [-0.2, 0) is 6.42 Å². The van der Waals surface area contributed by atoms with Crippen LogP contribution >= 0.6 is 0 Å². The molecule has 4 aromatic rings. The maximum absolute atomic E-state index is 12.7. The van der Waals surface area contributed by atoms with Crippen molar-refractivity contribution in [2.24, 2.45) is 0 Å². The zero-order valence-corrected chi connectivity index (χ0v) is 25.4. The Morgan fingerprint density at radius 3 is 2.30 bits per heavy atom. The van der Waals surface area contributed by atoms with E-state index in [1.807, 2.05) is 18.3 Å². The third kappa shape index (κ3) is 6.99. The summed E-state index contributed by atoms with van der Waals surface area (Å²) >= 11 is 0. The molecule has 0 saturated heterocycles. The summed E-state index contributed by atoms with van der Waals surface area (Å²) in [7, 11) is 1.67. The molecule has 1 unspecified atom stereocenters. The van der Waals surface area contributed by atoms with E-state index in [0.29, 0.717) is 36.4 Å². The number of hydrogen-bond acceptors (Lipinski definition) is 6. The molecule has 0 aliphatic carbocycles. The number of hydrogen-bond donors (Lipinski definition) is 1. The first-order chi connectivity index (χ1) is 21.0. The number of unbranched alkanes of at least 4 members (excludes halogenated alkanes) is 3. The summed E-state index contributed by atoms with van der Waals surface area (Å²) in [5.41, 5.74) is 5.16. The van der Waals surface area contributed by atoms with Crippen molar-refractivity contribution in [3.63, 3.8) is 0 Å². The zero-order chi connectivity index (χ0) is 30.2. The predicted molar refractivity (Wildman–Crippen MR) is 171 cm³/mol. The fourth-order valence-electron chi connectivity index (χ4n) is 5.78. The molecule has 7 nitrogen and oxygen atoms in total. The summed E-state index contributed by atoms with van der Waals surface area (Å²) in [5, 5.41) is 4.55. The van der Waals surface area contributed by atoms with E-state index in [-0.39, 0.29) is 17.9 Å². The van der Waals surface area contributed by atoms with Gasteiger partial charge >= 0.3 is 0 Å². The van der Waals surface area contributed by atoms with Gasteiger partial charge in [-0.25, -0.2) is 0 Å². The average Bonchev–Trinajstić information content (AvgIpc) is 3.26. The Morgan fingerprint density at radius 2 is 1.58 bits per heavy atom. The van der Waals surface area contributed by atoms with Crippen LogP contribution in [0.3, 0.4) is 0 Å². The van der Waals surface area contributed by atoms with Crippen molar-refractivity contribution in [1.29, 1.82) is 0 Å². The van der Waals surface area contributed by atoms with Crippen molar-refractivity contribution >= 4 is 28.4 Å². The summed E-state index contributed by atoms with van der Waals surface area (Å²) in [6.45, 7) is 5.17. The molecule has 0 saturated carbocycles. The van der Waals surface area contributed by atoms with Crippen LogP contribution in [0.5, 0.6) is 11.5 Å². The number of pyridine rings is 1. The molecule has 0 spiro atoms. The minimum absolute atomic E-state index is 0.0769. The standard InChI is InChI=1S/C36H41N3O4/c1-25-20-21-37-33-30(38-26(2)14-13-22-39-35(40)28-18-10-11-19-29(28)36(39)41)24-31(42-3)34(32(25)33)43-23-12-5-4-7-15-27-16-8-6-9-17-27/h6,8-11,16-21,24,26,38H,4-5,7,12-15,22-23H2,1-3H3. The molecule has 1 N–H and O–H groups in total. The van der Waals surface area contributed by atoms with Crippen molar-refractivity contribution in [2.75, 3.05) is 25.6 Å². The topological polar surface area (TPSA) is 80.8 Å². The summed E-state index contributed by atoms with van der Waals surface area (Å²) in [4.78, 5) is 31.5. The van der Waals surface area contributed by atoms with Crippen LogP contribution in [0.1, 0.15) is 77.3 Å². The lowest BCUT2D eigenvalue weighted by Gasteiger charge is -2.21. The highest BCUT2D eigenvalue weighted by molar-refractivity contribution is 6.21. The molecule has 0 fully saturated rings. The van der Waals surface area contributed by atoms with Gasteiger partial charge < -0.3 is 14.8 Å². The number of carbonyl (C=O) groups excluding carboxylic acids is 2. The lowest BCUT2D eigenvalue weighted by molar-refractivity contribution is 0.0651. The number of nitrogens with one attached hydrogen (secondary N) is 1. The number of nitrogens with zero attached hydrogens (tertiary/aromatic N) is 2. The molecule has 224 valence electrons. The van der Waals surface area contributed by atoms with E-state index in [2.05, 4.69) is 49.5 Å². The summed E-state index contributed by atoms with van der Waals surface area (Å²) in [5.74, 6) is 0.989. The summed E-state index contributed by atoms with van der Waals surface area (Å²) in [6.07, 6.45) is 8.82. The molecule has 7 heteroatoms. The average molecular weight is 580 g/mol. The highest BCUT2D eigenvalue weighted by atomic mass is 16.5. The van der Waals surface area contributed by atoms with E-state index in [1.165, 1.54) is 23.3 Å². The first kappa shape index (κ1) is 30.1. The molecule has 1 atom stereocenters. The van der Waals surface area contributed by atoms with Crippen LogP contribution in [0.15, 0.2) is 72.9 Å². The van der Waals surface area contributed by atoms with Gasteiger partial charge in [-0.3, -0.25) is 19.5 Å². The SMILES string of the molecule is COc1cc(NC(C)CCCN2C(=O)c3ccccc3C2=O)c2nccc(C)c2c1OCCCCCCc1ccccc1. The fraction of sp³-hybridized carbons (Fsp3) is 0.361. The molecule has 0 radical (unpaired) electrons. The molecular formula is C36H41N3O4. The fourth-order valence-corrected chi connectivity index (χ4v) is 5.78. The monoisotopic (exact) mass is 579 g/mol.